The van der Waals surface area contributed by atoms with Crippen molar-refractivity contribution in [3.8, 4) is 0 Å². The molecule has 9 nitrogen and oxygen atoms in total. The van der Waals surface area contributed by atoms with Crippen LogP contribution in [0.25, 0.3) is 0 Å². The second kappa shape index (κ2) is 6.75. The highest BCUT2D eigenvalue weighted by atomic mass is 32.1. The highest BCUT2D eigenvalue weighted by Crippen LogP contribution is 2.28. The first-order valence-corrected chi connectivity index (χ1v) is 7.59. The molecule has 0 fully saturated rings. The Bertz CT molecular complexity index is 771. The molecular weight excluding hydrogens is 316 g/mol. The molecule has 0 saturated carbocycles. The lowest BCUT2D eigenvalue weighted by Gasteiger charge is -2.08. The number of thiazole rings is 1. The molecule has 0 aromatic carbocycles. The molecule has 10 heteroatoms. The molecule has 0 unspecified atom stereocenters. The minimum atomic E-state index is -0.394. The molecule has 0 bridgehead atoms. The Morgan fingerprint density at radius 1 is 1.35 bits per heavy atom. The molecule has 0 radical (unpaired) electrons. The molecule has 0 spiro atoms. The lowest BCUT2D eigenvalue weighted by molar-refractivity contribution is 0.251. The maximum Gasteiger partial charge on any atom is 0.320 e. The van der Waals surface area contributed by atoms with Crippen LogP contribution in [0.4, 0.5) is 27.9 Å². The van der Waals surface area contributed by atoms with Crippen LogP contribution in [0.5, 0.6) is 0 Å². The molecule has 3 heterocycles. The standard InChI is InChI=1S/C13H14N8OS/c14-11-10(18-9-6-23-7-17-9)12(21-20-11)19-13(22)16-5-8-1-3-15-4-2-8/h1-4,6-7,18H,5H2,(H5,14,16,19,20,21,22). The van der Waals surface area contributed by atoms with Crippen molar-refractivity contribution in [2.75, 3.05) is 16.4 Å². The van der Waals surface area contributed by atoms with Crippen LogP contribution < -0.4 is 21.7 Å². The van der Waals surface area contributed by atoms with E-state index in [4.69, 9.17) is 5.73 Å². The van der Waals surface area contributed by atoms with Gasteiger partial charge in [-0.15, -0.1) is 11.3 Å². The number of H-pyrrole nitrogens is 1. The minimum absolute atomic E-state index is 0.294. The average Bonchev–Trinajstić information content (AvgIpc) is 3.19. The van der Waals surface area contributed by atoms with Crippen molar-refractivity contribution in [2.45, 2.75) is 6.54 Å². The van der Waals surface area contributed by atoms with E-state index in [1.54, 1.807) is 17.9 Å². The summed E-state index contributed by atoms with van der Waals surface area (Å²) in [4.78, 5) is 20.0. The number of nitrogens with two attached hydrogens (primary N) is 1. The monoisotopic (exact) mass is 330 g/mol. The number of aromatic amines is 1. The summed E-state index contributed by atoms with van der Waals surface area (Å²) in [5, 5.41) is 16.8. The van der Waals surface area contributed by atoms with E-state index in [0.717, 1.165) is 5.56 Å². The Hall–Kier alpha value is -3.14. The Morgan fingerprint density at radius 2 is 2.17 bits per heavy atom. The second-order valence-electron chi connectivity index (χ2n) is 4.52. The van der Waals surface area contributed by atoms with Gasteiger partial charge in [0.1, 0.15) is 17.3 Å². The summed E-state index contributed by atoms with van der Waals surface area (Å²) in [6.45, 7) is 0.378. The molecule has 0 saturated heterocycles. The summed E-state index contributed by atoms with van der Waals surface area (Å²) < 4.78 is 0. The highest BCUT2D eigenvalue weighted by molar-refractivity contribution is 7.07. The fourth-order valence-electron chi connectivity index (χ4n) is 1.81. The number of carbonyl (C=O) groups excluding carboxylic acids is 1. The van der Waals surface area contributed by atoms with Crippen LogP contribution in [0.15, 0.2) is 35.4 Å². The topological polar surface area (TPSA) is 134 Å². The van der Waals surface area contributed by atoms with E-state index >= 15 is 0 Å². The number of pyridine rings is 1. The number of aromatic nitrogens is 4. The molecule has 3 aromatic rings. The van der Waals surface area contributed by atoms with Gasteiger partial charge in [0.25, 0.3) is 0 Å². The number of carbonyl (C=O) groups is 1. The number of hydrogen-bond donors (Lipinski definition) is 5. The van der Waals surface area contributed by atoms with E-state index in [2.05, 4.69) is 36.1 Å². The maximum absolute atomic E-state index is 12.0. The van der Waals surface area contributed by atoms with Crippen LogP contribution in [0.1, 0.15) is 5.56 Å². The third-order valence-corrected chi connectivity index (χ3v) is 3.50. The van der Waals surface area contributed by atoms with Gasteiger partial charge in [-0.25, -0.2) is 9.78 Å². The number of nitrogen functional groups attached to an aromatic ring is 1. The van der Waals surface area contributed by atoms with Gasteiger partial charge in [0, 0.05) is 24.3 Å². The molecule has 0 atom stereocenters. The van der Waals surface area contributed by atoms with Gasteiger partial charge < -0.3 is 16.4 Å². The molecule has 3 rings (SSSR count). The molecular formula is C13H14N8OS. The summed E-state index contributed by atoms with van der Waals surface area (Å²) in [7, 11) is 0. The summed E-state index contributed by atoms with van der Waals surface area (Å²) in [6, 6.07) is 3.25. The largest absolute Gasteiger partial charge is 0.382 e. The zero-order valence-electron chi connectivity index (χ0n) is 11.9. The number of nitrogens with one attached hydrogen (secondary N) is 4. The van der Waals surface area contributed by atoms with Crippen LogP contribution in [-0.2, 0) is 6.54 Å². The van der Waals surface area contributed by atoms with Gasteiger partial charge in [0.05, 0.1) is 5.51 Å². The van der Waals surface area contributed by atoms with Crippen molar-refractivity contribution >= 4 is 40.5 Å². The fraction of sp³-hybridized carbons (Fsp3) is 0.0769. The molecule has 0 aliphatic heterocycles. The van der Waals surface area contributed by atoms with Crippen molar-refractivity contribution in [3.63, 3.8) is 0 Å². The SMILES string of the molecule is Nc1[nH]nc(NC(=O)NCc2ccncc2)c1Nc1cscn1. The first kappa shape index (κ1) is 14.8. The number of anilines is 4. The Morgan fingerprint density at radius 3 is 2.91 bits per heavy atom. The van der Waals surface area contributed by atoms with Gasteiger partial charge in [-0.2, -0.15) is 5.10 Å². The first-order chi connectivity index (χ1) is 11.2. The number of hydrogen-bond acceptors (Lipinski definition) is 7. The number of urea groups is 1. The van der Waals surface area contributed by atoms with E-state index in [0.29, 0.717) is 29.7 Å². The zero-order valence-corrected chi connectivity index (χ0v) is 12.7. The van der Waals surface area contributed by atoms with Gasteiger partial charge in [-0.05, 0) is 17.7 Å². The Kier molecular flexibility index (Phi) is 4.34. The normalized spacial score (nSPS) is 10.3. The van der Waals surface area contributed by atoms with E-state index in [-0.39, 0.29) is 0 Å². The zero-order chi connectivity index (χ0) is 16.1. The fourth-order valence-corrected chi connectivity index (χ4v) is 2.29. The average molecular weight is 330 g/mol. The predicted octanol–water partition coefficient (Wildman–Crippen LogP) is 1.91. The summed E-state index contributed by atoms with van der Waals surface area (Å²) >= 11 is 1.44. The number of nitrogens with zero attached hydrogens (tertiary/aromatic N) is 3. The first-order valence-electron chi connectivity index (χ1n) is 6.65. The minimum Gasteiger partial charge on any atom is -0.382 e. The molecule has 0 aliphatic rings. The van der Waals surface area contributed by atoms with Crippen LogP contribution in [0.3, 0.4) is 0 Å². The second-order valence-corrected chi connectivity index (χ2v) is 5.24. The Balaban J connectivity index is 1.62. The van der Waals surface area contributed by atoms with Gasteiger partial charge in [0.2, 0.25) is 0 Å². The quantitative estimate of drug-likeness (QED) is 0.485. The van der Waals surface area contributed by atoms with Gasteiger partial charge >= 0.3 is 6.03 Å². The van der Waals surface area contributed by atoms with Crippen molar-refractivity contribution < 1.29 is 4.79 Å². The van der Waals surface area contributed by atoms with Crippen molar-refractivity contribution in [3.05, 3.63) is 41.0 Å². The molecule has 2 amide bonds. The summed E-state index contributed by atoms with van der Waals surface area (Å²) in [6.07, 6.45) is 3.33. The smallest absolute Gasteiger partial charge is 0.320 e. The molecule has 118 valence electrons. The summed E-state index contributed by atoms with van der Waals surface area (Å²) in [5.74, 6) is 1.23. The van der Waals surface area contributed by atoms with E-state index < -0.39 is 6.03 Å². The number of amides is 2. The third kappa shape index (κ3) is 3.74. The van der Waals surface area contributed by atoms with Crippen LogP contribution >= 0.6 is 11.3 Å². The summed E-state index contributed by atoms with van der Waals surface area (Å²) in [5.41, 5.74) is 8.91. The van der Waals surface area contributed by atoms with E-state index in [1.165, 1.54) is 11.3 Å². The van der Waals surface area contributed by atoms with Crippen molar-refractivity contribution in [1.82, 2.24) is 25.5 Å². The third-order valence-electron chi connectivity index (χ3n) is 2.91. The molecule has 0 aliphatic carbocycles. The molecule has 23 heavy (non-hydrogen) atoms. The van der Waals surface area contributed by atoms with Gasteiger partial charge in [-0.3, -0.25) is 15.4 Å². The van der Waals surface area contributed by atoms with Gasteiger partial charge in [0.15, 0.2) is 5.82 Å². The maximum atomic E-state index is 12.0. The lowest BCUT2D eigenvalue weighted by atomic mass is 10.3. The number of rotatable bonds is 5. The van der Waals surface area contributed by atoms with Crippen molar-refractivity contribution in [1.29, 1.82) is 0 Å². The molecule has 3 aromatic heterocycles. The molecule has 6 N–H and O–H groups in total. The van der Waals surface area contributed by atoms with E-state index in [9.17, 15) is 4.79 Å². The van der Waals surface area contributed by atoms with Crippen LogP contribution in [0, 0.1) is 0 Å². The highest BCUT2D eigenvalue weighted by Gasteiger charge is 2.14. The van der Waals surface area contributed by atoms with Crippen molar-refractivity contribution in [2.24, 2.45) is 0 Å². The van der Waals surface area contributed by atoms with Gasteiger partial charge in [-0.1, -0.05) is 0 Å². The predicted molar refractivity (Wildman–Crippen MR) is 88.5 cm³/mol. The van der Waals surface area contributed by atoms with E-state index in [1.807, 2.05) is 17.5 Å². The lowest BCUT2D eigenvalue weighted by Crippen LogP contribution is -2.28. The Labute approximate surface area is 135 Å². The van der Waals surface area contributed by atoms with Crippen LogP contribution in [-0.4, -0.2) is 26.2 Å². The van der Waals surface area contributed by atoms with Crippen LogP contribution in [0.2, 0.25) is 0 Å².